The van der Waals surface area contributed by atoms with Crippen LogP contribution < -0.4 is 14.4 Å². The van der Waals surface area contributed by atoms with Gasteiger partial charge in [-0.05, 0) is 12.1 Å². The minimum Gasteiger partial charge on any atom is -0.497 e. The molecule has 0 radical (unpaired) electrons. The molecule has 0 saturated carbocycles. The molecule has 0 N–H and O–H groups in total. The Morgan fingerprint density at radius 3 is 2.62 bits per heavy atom. The van der Waals surface area contributed by atoms with Crippen molar-refractivity contribution >= 4 is 11.5 Å². The van der Waals surface area contributed by atoms with Crippen molar-refractivity contribution in [3.8, 4) is 11.5 Å². The predicted octanol–water partition coefficient (Wildman–Crippen LogP) is 1.48. The fourth-order valence-electron chi connectivity index (χ4n) is 1.88. The minimum atomic E-state index is 0.276. The molecule has 1 aromatic carbocycles. The summed E-state index contributed by atoms with van der Waals surface area (Å²) in [5, 5.41) is 0. The van der Waals surface area contributed by atoms with Gasteiger partial charge in [-0.15, -0.1) is 0 Å². The molecule has 1 aliphatic rings. The van der Waals surface area contributed by atoms with Crippen LogP contribution in [0.5, 0.6) is 11.5 Å². The van der Waals surface area contributed by atoms with Crippen molar-refractivity contribution in [1.82, 2.24) is 0 Å². The van der Waals surface area contributed by atoms with Gasteiger partial charge in [0.05, 0.1) is 26.5 Å². The highest BCUT2D eigenvalue weighted by Gasteiger charge is 2.22. The van der Waals surface area contributed by atoms with Gasteiger partial charge in [0.15, 0.2) is 5.78 Å². The Hall–Kier alpha value is -1.71. The second kappa shape index (κ2) is 4.43. The van der Waals surface area contributed by atoms with Gasteiger partial charge in [0.25, 0.3) is 0 Å². The van der Waals surface area contributed by atoms with Crippen LogP contribution in [0.3, 0.4) is 0 Å². The van der Waals surface area contributed by atoms with Gasteiger partial charge < -0.3 is 14.4 Å². The molecule has 0 spiro atoms. The number of carbonyl (C=O) groups excluding carboxylic acids is 1. The first kappa shape index (κ1) is 10.8. The number of Topliss-reactive ketones (excluding diaryl/α,β-unsaturated/α-hetero) is 1. The van der Waals surface area contributed by atoms with E-state index in [1.807, 2.05) is 23.1 Å². The SMILES string of the molecule is COc1ccc(N2CCC(=O)C2)c(OC)c1. The van der Waals surface area contributed by atoms with Gasteiger partial charge in [0.1, 0.15) is 11.5 Å². The predicted molar refractivity (Wildman–Crippen MR) is 61.4 cm³/mol. The summed E-state index contributed by atoms with van der Waals surface area (Å²) in [6.45, 7) is 1.24. The van der Waals surface area contributed by atoms with Gasteiger partial charge in [0.2, 0.25) is 0 Å². The molecule has 0 aliphatic carbocycles. The molecule has 1 aliphatic heterocycles. The van der Waals surface area contributed by atoms with Gasteiger partial charge >= 0.3 is 0 Å². The lowest BCUT2D eigenvalue weighted by Crippen LogP contribution is -2.20. The number of hydrogen-bond donors (Lipinski definition) is 0. The summed E-state index contributed by atoms with van der Waals surface area (Å²) in [5.41, 5.74) is 0.953. The Morgan fingerprint density at radius 2 is 2.06 bits per heavy atom. The highest BCUT2D eigenvalue weighted by Crippen LogP contribution is 2.33. The number of anilines is 1. The van der Waals surface area contributed by atoms with E-state index in [1.165, 1.54) is 0 Å². The Bertz CT molecular complexity index is 403. The lowest BCUT2D eigenvalue weighted by atomic mass is 10.2. The van der Waals surface area contributed by atoms with Crippen LogP contribution in [0.2, 0.25) is 0 Å². The normalized spacial score (nSPS) is 15.4. The zero-order valence-corrected chi connectivity index (χ0v) is 9.53. The number of ether oxygens (including phenoxy) is 2. The molecule has 2 rings (SSSR count). The summed E-state index contributed by atoms with van der Waals surface area (Å²) in [6.07, 6.45) is 0.620. The third kappa shape index (κ3) is 1.96. The quantitative estimate of drug-likeness (QED) is 0.775. The van der Waals surface area contributed by atoms with E-state index in [-0.39, 0.29) is 5.78 Å². The van der Waals surface area contributed by atoms with Crippen molar-refractivity contribution in [1.29, 1.82) is 0 Å². The van der Waals surface area contributed by atoms with E-state index in [9.17, 15) is 4.79 Å². The van der Waals surface area contributed by atoms with Gasteiger partial charge in [-0.2, -0.15) is 0 Å². The zero-order chi connectivity index (χ0) is 11.5. The largest absolute Gasteiger partial charge is 0.497 e. The van der Waals surface area contributed by atoms with E-state index in [1.54, 1.807) is 14.2 Å². The number of nitrogens with zero attached hydrogens (tertiary/aromatic N) is 1. The molecule has 1 fully saturated rings. The Morgan fingerprint density at radius 1 is 1.25 bits per heavy atom. The molecule has 0 bridgehead atoms. The highest BCUT2D eigenvalue weighted by molar-refractivity contribution is 5.87. The van der Waals surface area contributed by atoms with Gasteiger partial charge in [0, 0.05) is 19.0 Å². The van der Waals surface area contributed by atoms with E-state index < -0.39 is 0 Å². The van der Waals surface area contributed by atoms with Gasteiger partial charge in [-0.1, -0.05) is 0 Å². The molecule has 4 heteroatoms. The van der Waals surface area contributed by atoms with E-state index in [0.29, 0.717) is 13.0 Å². The van der Waals surface area contributed by atoms with E-state index in [0.717, 1.165) is 23.7 Å². The van der Waals surface area contributed by atoms with Crippen LogP contribution >= 0.6 is 0 Å². The molecule has 1 aromatic rings. The number of ketones is 1. The summed E-state index contributed by atoms with van der Waals surface area (Å²) in [5.74, 6) is 1.78. The number of benzene rings is 1. The molecule has 0 atom stereocenters. The Balaban J connectivity index is 2.29. The Labute approximate surface area is 94.8 Å². The second-order valence-electron chi connectivity index (χ2n) is 3.75. The molecule has 1 saturated heterocycles. The van der Waals surface area contributed by atoms with Crippen molar-refractivity contribution in [2.75, 3.05) is 32.2 Å². The average Bonchev–Trinajstić information content (AvgIpc) is 2.74. The molecule has 86 valence electrons. The first-order valence-corrected chi connectivity index (χ1v) is 5.23. The lowest BCUT2D eigenvalue weighted by molar-refractivity contribution is -0.116. The molecular formula is C12H15NO3. The Kier molecular flexibility index (Phi) is 2.99. The van der Waals surface area contributed by atoms with E-state index in [2.05, 4.69) is 0 Å². The monoisotopic (exact) mass is 221 g/mol. The molecule has 16 heavy (non-hydrogen) atoms. The van der Waals surface area contributed by atoms with Crippen LogP contribution in [0.4, 0.5) is 5.69 Å². The van der Waals surface area contributed by atoms with Crippen molar-refractivity contribution in [2.24, 2.45) is 0 Å². The fourth-order valence-corrected chi connectivity index (χ4v) is 1.88. The fraction of sp³-hybridized carbons (Fsp3) is 0.417. The number of carbonyl (C=O) groups is 1. The van der Waals surface area contributed by atoms with Crippen molar-refractivity contribution < 1.29 is 14.3 Å². The number of hydrogen-bond acceptors (Lipinski definition) is 4. The molecule has 0 amide bonds. The van der Waals surface area contributed by atoms with Crippen LogP contribution in [0.1, 0.15) is 6.42 Å². The average molecular weight is 221 g/mol. The third-order valence-electron chi connectivity index (χ3n) is 2.76. The topological polar surface area (TPSA) is 38.8 Å². The maximum atomic E-state index is 11.2. The number of rotatable bonds is 3. The smallest absolute Gasteiger partial charge is 0.153 e. The van der Waals surface area contributed by atoms with Crippen LogP contribution in [0.25, 0.3) is 0 Å². The maximum absolute atomic E-state index is 11.2. The maximum Gasteiger partial charge on any atom is 0.153 e. The number of methoxy groups -OCH3 is 2. The second-order valence-corrected chi connectivity index (χ2v) is 3.75. The summed E-state index contributed by atoms with van der Waals surface area (Å²) in [7, 11) is 3.24. The first-order chi connectivity index (χ1) is 7.74. The molecular weight excluding hydrogens is 206 g/mol. The zero-order valence-electron chi connectivity index (χ0n) is 9.53. The highest BCUT2D eigenvalue weighted by atomic mass is 16.5. The standard InChI is InChI=1S/C12H15NO3/c1-15-10-3-4-11(12(7-10)16-2)13-6-5-9(14)8-13/h3-4,7H,5-6,8H2,1-2H3. The first-order valence-electron chi connectivity index (χ1n) is 5.23. The summed E-state index contributed by atoms with van der Waals surface area (Å²) in [4.78, 5) is 13.3. The van der Waals surface area contributed by atoms with E-state index in [4.69, 9.17) is 9.47 Å². The molecule has 4 nitrogen and oxygen atoms in total. The molecule has 1 heterocycles. The molecule has 0 aromatic heterocycles. The lowest BCUT2D eigenvalue weighted by Gasteiger charge is -2.20. The third-order valence-corrected chi connectivity index (χ3v) is 2.76. The summed E-state index contributed by atoms with van der Waals surface area (Å²) < 4.78 is 10.4. The van der Waals surface area contributed by atoms with Crippen LogP contribution in [-0.2, 0) is 4.79 Å². The summed E-state index contributed by atoms with van der Waals surface area (Å²) >= 11 is 0. The molecule has 0 unspecified atom stereocenters. The minimum absolute atomic E-state index is 0.276. The van der Waals surface area contributed by atoms with Crippen molar-refractivity contribution in [2.45, 2.75) is 6.42 Å². The van der Waals surface area contributed by atoms with E-state index >= 15 is 0 Å². The summed E-state index contributed by atoms with van der Waals surface area (Å²) in [6, 6.07) is 5.63. The van der Waals surface area contributed by atoms with Crippen LogP contribution in [0.15, 0.2) is 18.2 Å². The van der Waals surface area contributed by atoms with Crippen molar-refractivity contribution in [3.63, 3.8) is 0 Å². The van der Waals surface area contributed by atoms with Gasteiger partial charge in [-0.3, -0.25) is 4.79 Å². The van der Waals surface area contributed by atoms with Crippen LogP contribution in [-0.4, -0.2) is 33.1 Å². The van der Waals surface area contributed by atoms with Crippen LogP contribution in [0, 0.1) is 0 Å². The van der Waals surface area contributed by atoms with Gasteiger partial charge in [-0.25, -0.2) is 0 Å². The van der Waals surface area contributed by atoms with Crippen molar-refractivity contribution in [3.05, 3.63) is 18.2 Å².